The van der Waals surface area contributed by atoms with Crippen LogP contribution in [0.5, 0.6) is 5.75 Å². The average Bonchev–Trinajstić information content (AvgIpc) is 3.51. The van der Waals surface area contributed by atoms with Crippen molar-refractivity contribution in [3.05, 3.63) is 130 Å². The van der Waals surface area contributed by atoms with Crippen LogP contribution in [0.2, 0.25) is 0 Å². The number of hydrogen-bond acceptors (Lipinski definition) is 6. The maximum absolute atomic E-state index is 13.6. The molecule has 1 amide bonds. The summed E-state index contributed by atoms with van der Waals surface area (Å²) in [4.78, 5) is 33.3. The Bertz CT molecular complexity index is 1830. The zero-order chi connectivity index (χ0) is 28.7. The van der Waals surface area contributed by atoms with Gasteiger partial charge in [0.15, 0.2) is 5.13 Å². The second-order valence-electron chi connectivity index (χ2n) is 9.95. The van der Waals surface area contributed by atoms with Gasteiger partial charge in [0.1, 0.15) is 23.9 Å². The summed E-state index contributed by atoms with van der Waals surface area (Å²) in [6.07, 6.45) is 0. The summed E-state index contributed by atoms with van der Waals surface area (Å²) in [5.41, 5.74) is 4.43. The first-order valence-corrected chi connectivity index (χ1v) is 13.8. The Balaban J connectivity index is 1.49. The molecule has 5 aromatic rings. The molecule has 1 saturated heterocycles. The highest BCUT2D eigenvalue weighted by Crippen LogP contribution is 2.45. The third kappa shape index (κ3) is 4.98. The number of fused-ring (bicyclic) bond motifs is 1. The van der Waals surface area contributed by atoms with E-state index in [-0.39, 0.29) is 16.9 Å². The molecule has 0 spiro atoms. The fourth-order valence-corrected chi connectivity index (χ4v) is 6.25. The van der Waals surface area contributed by atoms with E-state index < -0.39 is 23.5 Å². The van der Waals surface area contributed by atoms with E-state index in [9.17, 15) is 19.1 Å². The number of ketones is 1. The van der Waals surface area contributed by atoms with Crippen LogP contribution in [-0.2, 0) is 16.2 Å². The molecule has 1 aliphatic heterocycles. The van der Waals surface area contributed by atoms with E-state index in [1.165, 1.54) is 40.5 Å². The van der Waals surface area contributed by atoms with Crippen molar-refractivity contribution < 1.29 is 23.8 Å². The van der Waals surface area contributed by atoms with Crippen LogP contribution in [0, 0.1) is 19.7 Å². The molecule has 2 heterocycles. The Hall–Kier alpha value is -4.82. The van der Waals surface area contributed by atoms with Crippen molar-refractivity contribution in [2.24, 2.45) is 0 Å². The maximum atomic E-state index is 13.6. The minimum absolute atomic E-state index is 0.103. The molecule has 0 radical (unpaired) electrons. The summed E-state index contributed by atoms with van der Waals surface area (Å²) in [5, 5.41) is 11.7. The smallest absolute Gasteiger partial charge is 0.301 e. The second-order valence-corrected chi connectivity index (χ2v) is 11.0. The van der Waals surface area contributed by atoms with Gasteiger partial charge in [0.05, 0.1) is 21.8 Å². The monoisotopic (exact) mass is 564 g/mol. The van der Waals surface area contributed by atoms with Gasteiger partial charge in [0.2, 0.25) is 0 Å². The van der Waals surface area contributed by atoms with E-state index in [0.29, 0.717) is 23.1 Å². The topological polar surface area (TPSA) is 79.7 Å². The van der Waals surface area contributed by atoms with Gasteiger partial charge in [-0.15, -0.1) is 0 Å². The fraction of sp³-hybridized carbons (Fsp3) is 0.121. The number of Topliss-reactive ketones (excluding diaryl/α,β-unsaturated/α-hetero) is 1. The van der Waals surface area contributed by atoms with Crippen LogP contribution in [0.4, 0.5) is 9.52 Å². The Kier molecular flexibility index (Phi) is 6.85. The lowest BCUT2D eigenvalue weighted by Crippen LogP contribution is -2.29. The molecule has 0 bridgehead atoms. The maximum Gasteiger partial charge on any atom is 0.301 e. The number of amides is 1. The number of hydrogen-bond donors (Lipinski definition) is 1. The summed E-state index contributed by atoms with van der Waals surface area (Å²) in [7, 11) is 0. The van der Waals surface area contributed by atoms with Gasteiger partial charge in [0.25, 0.3) is 5.78 Å². The van der Waals surface area contributed by atoms with E-state index in [1.807, 2.05) is 56.3 Å². The number of rotatable bonds is 6. The third-order valence-electron chi connectivity index (χ3n) is 7.01. The van der Waals surface area contributed by atoms with Crippen LogP contribution in [0.25, 0.3) is 16.0 Å². The number of nitrogens with zero attached hydrogens (tertiary/aromatic N) is 2. The zero-order valence-electron chi connectivity index (χ0n) is 22.3. The second kappa shape index (κ2) is 10.6. The molecule has 8 heteroatoms. The van der Waals surface area contributed by atoms with Gasteiger partial charge < -0.3 is 9.84 Å². The van der Waals surface area contributed by atoms with Gasteiger partial charge in [-0.2, -0.15) is 0 Å². The molecule has 1 unspecified atom stereocenters. The standard InChI is InChI=1S/C33H25FN2O4S/c1-19-15-20(2)28-26(16-19)41-33(35-28)36-29(23-9-6-10-25(17-23)40-18-21-7-4-3-5-8-21)27(31(38)32(36)39)30(37)22-11-13-24(34)14-12-22/h3-17,29,37H,18H2,1-2H3. The van der Waals surface area contributed by atoms with E-state index >= 15 is 0 Å². The van der Waals surface area contributed by atoms with Crippen molar-refractivity contribution in [2.75, 3.05) is 4.90 Å². The molecule has 6 rings (SSSR count). The van der Waals surface area contributed by atoms with Gasteiger partial charge in [-0.3, -0.25) is 14.5 Å². The van der Waals surface area contributed by atoms with Gasteiger partial charge >= 0.3 is 5.91 Å². The van der Waals surface area contributed by atoms with E-state index in [2.05, 4.69) is 0 Å². The minimum Gasteiger partial charge on any atom is -0.507 e. The van der Waals surface area contributed by atoms with E-state index in [1.54, 1.807) is 24.3 Å². The lowest BCUT2D eigenvalue weighted by atomic mass is 9.95. The van der Waals surface area contributed by atoms with Crippen molar-refractivity contribution in [3.63, 3.8) is 0 Å². The van der Waals surface area contributed by atoms with Crippen LogP contribution >= 0.6 is 11.3 Å². The average molecular weight is 565 g/mol. The number of aliphatic hydroxyl groups is 1. The summed E-state index contributed by atoms with van der Waals surface area (Å²) >= 11 is 1.31. The molecular formula is C33H25FN2O4S. The number of halogens is 1. The number of benzene rings is 4. The minimum atomic E-state index is -0.984. The number of aryl methyl sites for hydroxylation is 2. The van der Waals surface area contributed by atoms with Crippen molar-refractivity contribution in [1.29, 1.82) is 0 Å². The SMILES string of the molecule is Cc1cc(C)c2nc(N3C(=O)C(=O)C(=C(O)c4ccc(F)cc4)C3c3cccc(OCc4ccccc4)c3)sc2c1. The van der Waals surface area contributed by atoms with Crippen LogP contribution < -0.4 is 9.64 Å². The number of anilines is 1. The molecule has 6 nitrogen and oxygen atoms in total. The molecule has 41 heavy (non-hydrogen) atoms. The predicted octanol–water partition coefficient (Wildman–Crippen LogP) is 7.26. The highest BCUT2D eigenvalue weighted by atomic mass is 32.1. The first-order chi connectivity index (χ1) is 19.8. The van der Waals surface area contributed by atoms with Crippen LogP contribution in [0.3, 0.4) is 0 Å². The number of carbonyl (C=O) groups excluding carboxylic acids is 2. The number of ether oxygens (including phenoxy) is 1. The molecule has 1 aromatic heterocycles. The lowest BCUT2D eigenvalue weighted by molar-refractivity contribution is -0.132. The van der Waals surface area contributed by atoms with Gasteiger partial charge in [-0.25, -0.2) is 9.37 Å². The Morgan fingerprint density at radius 3 is 2.49 bits per heavy atom. The quantitative estimate of drug-likeness (QED) is 0.133. The molecule has 1 N–H and O–H groups in total. The molecule has 0 saturated carbocycles. The first-order valence-electron chi connectivity index (χ1n) is 13.0. The number of carbonyl (C=O) groups is 2. The summed E-state index contributed by atoms with van der Waals surface area (Å²) in [6.45, 7) is 4.27. The van der Waals surface area contributed by atoms with E-state index in [4.69, 9.17) is 9.72 Å². The molecular weight excluding hydrogens is 539 g/mol. The largest absolute Gasteiger partial charge is 0.507 e. The molecule has 1 aliphatic rings. The van der Waals surface area contributed by atoms with Gasteiger partial charge in [-0.1, -0.05) is 59.9 Å². The molecule has 0 aliphatic carbocycles. The van der Waals surface area contributed by atoms with Crippen molar-refractivity contribution in [2.45, 2.75) is 26.5 Å². The fourth-order valence-electron chi connectivity index (χ4n) is 5.09. The Morgan fingerprint density at radius 1 is 0.976 bits per heavy atom. The van der Waals surface area contributed by atoms with Crippen LogP contribution in [0.15, 0.2) is 96.6 Å². The molecule has 204 valence electrons. The normalized spacial score (nSPS) is 16.5. The highest BCUT2D eigenvalue weighted by molar-refractivity contribution is 7.22. The van der Waals surface area contributed by atoms with Crippen molar-refractivity contribution >= 4 is 44.1 Å². The van der Waals surface area contributed by atoms with E-state index in [0.717, 1.165) is 26.9 Å². The van der Waals surface area contributed by atoms with Crippen molar-refractivity contribution in [3.8, 4) is 5.75 Å². The summed E-state index contributed by atoms with van der Waals surface area (Å²) < 4.78 is 20.6. The van der Waals surface area contributed by atoms with Crippen molar-refractivity contribution in [1.82, 2.24) is 4.98 Å². The first kappa shape index (κ1) is 26.4. The van der Waals surface area contributed by atoms with Gasteiger partial charge in [0, 0.05) is 5.56 Å². The van der Waals surface area contributed by atoms with Gasteiger partial charge in [-0.05, 0) is 78.6 Å². The zero-order valence-corrected chi connectivity index (χ0v) is 23.1. The lowest BCUT2D eigenvalue weighted by Gasteiger charge is -2.23. The highest BCUT2D eigenvalue weighted by Gasteiger charge is 2.48. The molecule has 4 aromatic carbocycles. The number of aromatic nitrogens is 1. The predicted molar refractivity (Wildman–Crippen MR) is 157 cm³/mol. The third-order valence-corrected chi connectivity index (χ3v) is 8.01. The Labute approximate surface area is 240 Å². The van der Waals surface area contributed by atoms with Crippen LogP contribution in [-0.4, -0.2) is 21.8 Å². The van der Waals surface area contributed by atoms with Crippen LogP contribution in [0.1, 0.15) is 33.9 Å². The summed E-state index contributed by atoms with van der Waals surface area (Å²) in [5.74, 6) is -1.99. The number of aliphatic hydroxyl groups excluding tert-OH is 1. The number of thiazole rings is 1. The summed E-state index contributed by atoms with van der Waals surface area (Å²) in [6, 6.07) is 25.0. The molecule has 1 atom stereocenters. The Morgan fingerprint density at radius 2 is 1.73 bits per heavy atom. The molecule has 1 fully saturated rings.